The number of piperidine rings is 1. The number of hydrogen-bond acceptors (Lipinski definition) is 3. The maximum Gasteiger partial charge on any atom is 0.387 e. The van der Waals surface area contributed by atoms with Gasteiger partial charge in [0, 0.05) is 25.7 Å². The first-order valence-corrected chi connectivity index (χ1v) is 9.28. The molecule has 154 valence electrons. The van der Waals surface area contributed by atoms with Crippen LogP contribution in [-0.4, -0.2) is 50.7 Å². The minimum absolute atomic E-state index is 0. The first-order chi connectivity index (χ1) is 12.6. The molecule has 1 aromatic carbocycles. The third-order valence-corrected chi connectivity index (χ3v) is 4.68. The minimum Gasteiger partial charge on any atom is -0.434 e. The van der Waals surface area contributed by atoms with Crippen LogP contribution in [0, 0.1) is 5.92 Å². The molecule has 0 aromatic heterocycles. The summed E-state index contributed by atoms with van der Waals surface area (Å²) in [6.07, 6.45) is 3.62. The maximum absolute atomic E-state index is 12.5. The van der Waals surface area contributed by atoms with Crippen LogP contribution in [0.3, 0.4) is 0 Å². The van der Waals surface area contributed by atoms with Crippen molar-refractivity contribution in [2.75, 3.05) is 33.2 Å². The van der Waals surface area contributed by atoms with E-state index >= 15 is 0 Å². The molecule has 1 heterocycles. The molecule has 27 heavy (non-hydrogen) atoms. The normalized spacial score (nSPS) is 16.1. The average molecular weight is 496 g/mol. The second-order valence-electron chi connectivity index (χ2n) is 6.72. The highest BCUT2D eigenvalue weighted by molar-refractivity contribution is 14.0. The van der Waals surface area contributed by atoms with Gasteiger partial charge in [-0.05, 0) is 50.9 Å². The SMILES string of the molecule is CN=C(NCCCN1CCC(C)CC1)NCc1ccccc1OC(F)F.I. The van der Waals surface area contributed by atoms with E-state index in [1.807, 2.05) is 0 Å². The molecule has 5 nitrogen and oxygen atoms in total. The Morgan fingerprint density at radius 3 is 2.63 bits per heavy atom. The van der Waals surface area contributed by atoms with Crippen molar-refractivity contribution in [2.45, 2.75) is 39.3 Å². The zero-order chi connectivity index (χ0) is 18.8. The Hall–Kier alpha value is -1.16. The molecule has 1 aromatic rings. The Morgan fingerprint density at radius 1 is 1.26 bits per heavy atom. The number of para-hydroxylation sites is 1. The van der Waals surface area contributed by atoms with Crippen LogP contribution in [0.15, 0.2) is 29.3 Å². The highest BCUT2D eigenvalue weighted by atomic mass is 127. The van der Waals surface area contributed by atoms with Crippen LogP contribution >= 0.6 is 24.0 Å². The molecule has 0 unspecified atom stereocenters. The van der Waals surface area contributed by atoms with Crippen LogP contribution in [0.1, 0.15) is 31.7 Å². The van der Waals surface area contributed by atoms with E-state index in [0.717, 1.165) is 25.4 Å². The summed E-state index contributed by atoms with van der Waals surface area (Å²) in [5, 5.41) is 6.42. The van der Waals surface area contributed by atoms with Crippen LogP contribution < -0.4 is 15.4 Å². The van der Waals surface area contributed by atoms with Gasteiger partial charge in [0.25, 0.3) is 0 Å². The van der Waals surface area contributed by atoms with Crippen LogP contribution in [-0.2, 0) is 6.54 Å². The predicted octanol–water partition coefficient (Wildman–Crippen LogP) is 3.69. The summed E-state index contributed by atoms with van der Waals surface area (Å²) in [4.78, 5) is 6.69. The van der Waals surface area contributed by atoms with E-state index in [-0.39, 0.29) is 29.7 Å². The van der Waals surface area contributed by atoms with Gasteiger partial charge < -0.3 is 20.3 Å². The summed E-state index contributed by atoms with van der Waals surface area (Å²) < 4.78 is 29.5. The third-order valence-electron chi connectivity index (χ3n) is 4.68. The number of alkyl halides is 2. The van der Waals surface area contributed by atoms with Crippen LogP contribution in [0.4, 0.5) is 8.78 Å². The number of nitrogens with zero attached hydrogens (tertiary/aromatic N) is 2. The van der Waals surface area contributed by atoms with Crippen molar-refractivity contribution in [1.82, 2.24) is 15.5 Å². The Morgan fingerprint density at radius 2 is 1.96 bits per heavy atom. The van der Waals surface area contributed by atoms with Gasteiger partial charge in [-0.3, -0.25) is 4.99 Å². The van der Waals surface area contributed by atoms with Crippen molar-refractivity contribution in [3.8, 4) is 5.75 Å². The number of likely N-dealkylation sites (tertiary alicyclic amines) is 1. The summed E-state index contributed by atoms with van der Waals surface area (Å²) in [5.74, 6) is 1.69. The number of guanidine groups is 1. The molecular formula is C19H31F2IN4O. The van der Waals surface area contributed by atoms with Crippen LogP contribution in [0.2, 0.25) is 0 Å². The fourth-order valence-corrected chi connectivity index (χ4v) is 3.06. The van der Waals surface area contributed by atoms with E-state index in [2.05, 4.69) is 32.2 Å². The molecule has 1 saturated heterocycles. The van der Waals surface area contributed by atoms with Gasteiger partial charge in [-0.2, -0.15) is 8.78 Å². The molecule has 8 heteroatoms. The van der Waals surface area contributed by atoms with Gasteiger partial charge in [0.1, 0.15) is 5.75 Å². The van der Waals surface area contributed by atoms with E-state index in [0.29, 0.717) is 18.1 Å². The second kappa shape index (κ2) is 13.1. The lowest BCUT2D eigenvalue weighted by molar-refractivity contribution is -0.0504. The number of hydrogen-bond donors (Lipinski definition) is 2. The number of nitrogens with one attached hydrogen (secondary N) is 2. The number of aliphatic imine (C=N–C) groups is 1. The molecule has 0 amide bonds. The standard InChI is InChI=1S/C19H30F2N4O.HI/c1-15-8-12-25(13-9-15)11-5-10-23-19(22-2)24-14-16-6-3-4-7-17(16)26-18(20)21;/h3-4,6-7,15,18H,5,8-14H2,1-2H3,(H2,22,23,24);1H. The van der Waals surface area contributed by atoms with E-state index in [1.54, 1.807) is 31.3 Å². The van der Waals surface area contributed by atoms with Crippen LogP contribution in [0.25, 0.3) is 0 Å². The van der Waals surface area contributed by atoms with Gasteiger partial charge in [-0.15, -0.1) is 24.0 Å². The molecule has 1 aliphatic rings. The van der Waals surface area contributed by atoms with Crippen molar-refractivity contribution in [3.05, 3.63) is 29.8 Å². The van der Waals surface area contributed by atoms with E-state index in [9.17, 15) is 8.78 Å². The van der Waals surface area contributed by atoms with Gasteiger partial charge in [0.2, 0.25) is 0 Å². The molecule has 1 aliphatic heterocycles. The number of rotatable bonds is 8. The lowest BCUT2D eigenvalue weighted by atomic mass is 9.99. The van der Waals surface area contributed by atoms with Crippen molar-refractivity contribution in [3.63, 3.8) is 0 Å². The van der Waals surface area contributed by atoms with E-state index < -0.39 is 6.61 Å². The molecule has 0 atom stereocenters. The fraction of sp³-hybridized carbons (Fsp3) is 0.632. The van der Waals surface area contributed by atoms with Crippen molar-refractivity contribution in [2.24, 2.45) is 10.9 Å². The molecular weight excluding hydrogens is 465 g/mol. The summed E-state index contributed by atoms with van der Waals surface area (Å²) in [7, 11) is 1.70. The number of halogens is 3. The number of benzene rings is 1. The fourth-order valence-electron chi connectivity index (χ4n) is 3.06. The Labute approximate surface area is 178 Å². The summed E-state index contributed by atoms with van der Waals surface area (Å²) in [6, 6.07) is 6.77. The Balaban J connectivity index is 0.00000364. The molecule has 0 radical (unpaired) electrons. The van der Waals surface area contributed by atoms with Gasteiger partial charge in [-0.1, -0.05) is 25.1 Å². The Bertz CT molecular complexity index is 566. The molecule has 0 spiro atoms. The highest BCUT2D eigenvalue weighted by Gasteiger charge is 2.14. The van der Waals surface area contributed by atoms with Crippen molar-refractivity contribution in [1.29, 1.82) is 0 Å². The first kappa shape index (κ1) is 23.9. The average Bonchev–Trinajstić information content (AvgIpc) is 2.63. The van der Waals surface area contributed by atoms with Gasteiger partial charge >= 0.3 is 6.61 Å². The maximum atomic E-state index is 12.5. The zero-order valence-electron chi connectivity index (χ0n) is 16.1. The highest BCUT2D eigenvalue weighted by Crippen LogP contribution is 2.20. The monoisotopic (exact) mass is 496 g/mol. The molecule has 0 saturated carbocycles. The molecule has 0 aliphatic carbocycles. The lowest BCUT2D eigenvalue weighted by Crippen LogP contribution is -2.39. The summed E-state index contributed by atoms with van der Waals surface area (Å²) >= 11 is 0. The zero-order valence-corrected chi connectivity index (χ0v) is 18.4. The summed E-state index contributed by atoms with van der Waals surface area (Å²) in [6.45, 7) is 4.14. The number of ether oxygens (including phenoxy) is 1. The molecule has 1 fully saturated rings. The smallest absolute Gasteiger partial charge is 0.387 e. The topological polar surface area (TPSA) is 48.9 Å². The molecule has 0 bridgehead atoms. The first-order valence-electron chi connectivity index (χ1n) is 9.28. The van der Waals surface area contributed by atoms with Gasteiger partial charge in [0.05, 0.1) is 0 Å². The van der Waals surface area contributed by atoms with E-state index in [1.165, 1.54) is 25.9 Å². The molecule has 2 rings (SSSR count). The predicted molar refractivity (Wildman–Crippen MR) is 116 cm³/mol. The van der Waals surface area contributed by atoms with Crippen molar-refractivity contribution >= 4 is 29.9 Å². The third kappa shape index (κ3) is 9.05. The minimum atomic E-state index is -2.83. The van der Waals surface area contributed by atoms with Crippen molar-refractivity contribution < 1.29 is 13.5 Å². The largest absolute Gasteiger partial charge is 0.434 e. The van der Waals surface area contributed by atoms with Gasteiger partial charge in [0.15, 0.2) is 5.96 Å². The summed E-state index contributed by atoms with van der Waals surface area (Å²) in [5.41, 5.74) is 0.665. The van der Waals surface area contributed by atoms with E-state index in [4.69, 9.17) is 0 Å². The Kier molecular flexibility index (Phi) is 11.6. The quantitative estimate of drug-likeness (QED) is 0.250. The second-order valence-corrected chi connectivity index (χ2v) is 6.72. The van der Waals surface area contributed by atoms with Gasteiger partial charge in [-0.25, -0.2) is 0 Å². The molecule has 2 N–H and O–H groups in total. The van der Waals surface area contributed by atoms with Crippen LogP contribution in [0.5, 0.6) is 5.75 Å². The lowest BCUT2D eigenvalue weighted by Gasteiger charge is -2.30.